The molecule has 2 aromatic heterocycles. The van der Waals surface area contributed by atoms with Gasteiger partial charge in [-0.25, -0.2) is 4.98 Å². The van der Waals surface area contributed by atoms with Crippen molar-refractivity contribution < 1.29 is 9.53 Å². The van der Waals surface area contributed by atoms with Crippen LogP contribution in [0.1, 0.15) is 34.9 Å². The van der Waals surface area contributed by atoms with Crippen molar-refractivity contribution in [3.8, 4) is 0 Å². The van der Waals surface area contributed by atoms with Crippen LogP contribution in [0.5, 0.6) is 0 Å². The number of hydrogen-bond donors (Lipinski definition) is 0. The first-order valence-corrected chi connectivity index (χ1v) is 8.52. The monoisotopic (exact) mass is 335 g/mol. The van der Waals surface area contributed by atoms with Gasteiger partial charge in [-0.15, -0.1) is 11.3 Å². The zero-order chi connectivity index (χ0) is 16.9. The van der Waals surface area contributed by atoms with Crippen LogP contribution in [0, 0.1) is 13.8 Å². The Morgan fingerprint density at radius 1 is 1.26 bits per heavy atom. The van der Waals surface area contributed by atoms with Crippen LogP contribution in [0.25, 0.3) is 10.2 Å². The van der Waals surface area contributed by atoms with E-state index < -0.39 is 0 Å². The average molecular weight is 335 g/mol. The number of ether oxygens (including phenoxy) is 1. The Bertz CT molecular complexity index is 829. The quantitative estimate of drug-likeness (QED) is 0.798. The third-order valence-electron chi connectivity index (χ3n) is 4.30. The minimum absolute atomic E-state index is 0.0191. The first-order valence-electron chi connectivity index (χ1n) is 7.71. The second kappa shape index (κ2) is 5.72. The molecular formula is C16H21N3O3S. The molecule has 0 N–H and O–H groups in total. The molecule has 1 fully saturated rings. The molecule has 6 nitrogen and oxygen atoms in total. The van der Waals surface area contributed by atoms with Crippen molar-refractivity contribution in [3.05, 3.63) is 26.6 Å². The van der Waals surface area contributed by atoms with Gasteiger partial charge in [0.25, 0.3) is 11.5 Å². The van der Waals surface area contributed by atoms with E-state index in [0.29, 0.717) is 34.0 Å². The number of nitrogens with zero attached hydrogens (tertiary/aromatic N) is 3. The lowest BCUT2D eigenvalue weighted by Gasteiger charge is -2.35. The molecule has 23 heavy (non-hydrogen) atoms. The number of carbonyl (C=O) groups excluding carboxylic acids is 1. The van der Waals surface area contributed by atoms with Crippen molar-refractivity contribution in [2.24, 2.45) is 7.05 Å². The van der Waals surface area contributed by atoms with Gasteiger partial charge in [-0.2, -0.15) is 0 Å². The number of thiophene rings is 1. The summed E-state index contributed by atoms with van der Waals surface area (Å²) >= 11 is 1.31. The van der Waals surface area contributed by atoms with Crippen molar-refractivity contribution in [3.63, 3.8) is 0 Å². The van der Waals surface area contributed by atoms with Gasteiger partial charge in [0.1, 0.15) is 10.7 Å². The average Bonchev–Trinajstić information content (AvgIpc) is 2.80. The molecule has 0 aromatic carbocycles. The van der Waals surface area contributed by atoms with Crippen LogP contribution in [0.4, 0.5) is 0 Å². The summed E-state index contributed by atoms with van der Waals surface area (Å²) in [6, 6.07) is 0. The molecule has 0 radical (unpaired) electrons. The summed E-state index contributed by atoms with van der Waals surface area (Å²) in [5, 5.41) is 0.556. The van der Waals surface area contributed by atoms with Crippen molar-refractivity contribution in [1.29, 1.82) is 0 Å². The highest BCUT2D eigenvalue weighted by atomic mass is 32.1. The Labute approximate surface area is 138 Å². The van der Waals surface area contributed by atoms with Crippen molar-refractivity contribution >= 4 is 27.5 Å². The summed E-state index contributed by atoms with van der Waals surface area (Å²) in [5.41, 5.74) is 0.638. The molecule has 1 aliphatic rings. The van der Waals surface area contributed by atoms with E-state index in [1.807, 2.05) is 25.7 Å². The number of amides is 1. The van der Waals surface area contributed by atoms with Gasteiger partial charge in [0.05, 0.1) is 22.5 Å². The number of aromatic nitrogens is 2. The molecule has 0 bridgehead atoms. The largest absolute Gasteiger partial charge is 0.372 e. The van der Waals surface area contributed by atoms with Crippen LogP contribution in [-0.4, -0.2) is 45.7 Å². The Morgan fingerprint density at radius 3 is 2.48 bits per heavy atom. The highest BCUT2D eigenvalue weighted by Gasteiger charge is 2.29. The second-order valence-electron chi connectivity index (χ2n) is 6.23. The lowest BCUT2D eigenvalue weighted by atomic mass is 10.1. The first kappa shape index (κ1) is 16.1. The molecule has 1 amide bonds. The fraction of sp³-hybridized carbons (Fsp3) is 0.562. The van der Waals surface area contributed by atoms with Crippen LogP contribution < -0.4 is 5.56 Å². The molecule has 2 unspecified atom stereocenters. The Balaban J connectivity index is 2.07. The smallest absolute Gasteiger partial charge is 0.264 e. The zero-order valence-corrected chi connectivity index (χ0v) is 14.9. The SMILES string of the molecule is Cc1c(C(=O)N2CC(C)OC(C)C2)sc2nc(C)n(C)c(=O)c12. The van der Waals surface area contributed by atoms with Gasteiger partial charge in [-0.1, -0.05) is 0 Å². The minimum atomic E-state index is -0.0935. The van der Waals surface area contributed by atoms with Gasteiger partial charge in [-0.05, 0) is 33.3 Å². The summed E-state index contributed by atoms with van der Waals surface area (Å²) < 4.78 is 7.21. The lowest BCUT2D eigenvalue weighted by molar-refractivity contribution is -0.0585. The molecule has 1 saturated heterocycles. The summed E-state index contributed by atoms with van der Waals surface area (Å²) in [6.45, 7) is 8.70. The molecule has 2 atom stereocenters. The maximum atomic E-state index is 12.9. The fourth-order valence-electron chi connectivity index (χ4n) is 3.06. The van der Waals surface area contributed by atoms with Crippen molar-refractivity contribution in [2.45, 2.75) is 39.9 Å². The highest BCUT2D eigenvalue weighted by Crippen LogP contribution is 2.29. The number of aryl methyl sites for hydroxylation is 2. The van der Waals surface area contributed by atoms with E-state index in [2.05, 4.69) is 4.98 Å². The van der Waals surface area contributed by atoms with E-state index in [0.717, 1.165) is 5.56 Å². The molecule has 2 aromatic rings. The Morgan fingerprint density at radius 2 is 1.87 bits per heavy atom. The topological polar surface area (TPSA) is 64.4 Å². The molecule has 7 heteroatoms. The highest BCUT2D eigenvalue weighted by molar-refractivity contribution is 7.20. The van der Waals surface area contributed by atoms with Gasteiger partial charge >= 0.3 is 0 Å². The third-order valence-corrected chi connectivity index (χ3v) is 5.47. The summed E-state index contributed by atoms with van der Waals surface area (Å²) in [7, 11) is 1.70. The maximum Gasteiger partial charge on any atom is 0.264 e. The fourth-order valence-corrected chi connectivity index (χ4v) is 4.24. The van der Waals surface area contributed by atoms with Crippen molar-refractivity contribution in [2.75, 3.05) is 13.1 Å². The number of fused-ring (bicyclic) bond motifs is 1. The number of hydrogen-bond acceptors (Lipinski definition) is 5. The van der Waals surface area contributed by atoms with Gasteiger partial charge < -0.3 is 9.64 Å². The van der Waals surface area contributed by atoms with Gasteiger partial charge in [-0.3, -0.25) is 14.2 Å². The van der Waals surface area contributed by atoms with Crippen LogP contribution in [-0.2, 0) is 11.8 Å². The molecular weight excluding hydrogens is 314 g/mol. The van der Waals surface area contributed by atoms with E-state index in [-0.39, 0.29) is 23.7 Å². The van der Waals surface area contributed by atoms with Gasteiger partial charge in [0.15, 0.2) is 0 Å². The lowest BCUT2D eigenvalue weighted by Crippen LogP contribution is -2.48. The molecule has 124 valence electrons. The molecule has 0 aliphatic carbocycles. The molecule has 0 saturated carbocycles. The molecule has 3 rings (SSSR count). The van der Waals surface area contributed by atoms with Crippen molar-refractivity contribution in [1.82, 2.24) is 14.5 Å². The molecule has 1 aliphatic heterocycles. The molecule has 0 spiro atoms. The van der Waals surface area contributed by atoms with Crippen LogP contribution >= 0.6 is 11.3 Å². The maximum absolute atomic E-state index is 12.9. The standard InChI is InChI=1S/C16H21N3O3S/c1-8-6-19(7-9(2)22-8)16(21)13-10(3)12-14(23-13)17-11(4)18(5)15(12)20/h8-9H,6-7H2,1-5H3. The summed E-state index contributed by atoms with van der Waals surface area (Å²) in [5.74, 6) is 0.614. The third kappa shape index (κ3) is 2.68. The van der Waals surface area contributed by atoms with Gasteiger partial charge in [0.2, 0.25) is 0 Å². The van der Waals surface area contributed by atoms with E-state index in [9.17, 15) is 9.59 Å². The van der Waals surface area contributed by atoms with E-state index in [4.69, 9.17) is 4.74 Å². The normalized spacial score (nSPS) is 21.9. The Hall–Kier alpha value is -1.73. The number of rotatable bonds is 1. The van der Waals surface area contributed by atoms with Crippen LogP contribution in [0.15, 0.2) is 4.79 Å². The zero-order valence-electron chi connectivity index (χ0n) is 14.0. The summed E-state index contributed by atoms with van der Waals surface area (Å²) in [6.07, 6.45) is 0.0382. The van der Waals surface area contributed by atoms with E-state index in [1.165, 1.54) is 15.9 Å². The van der Waals surface area contributed by atoms with E-state index in [1.54, 1.807) is 14.0 Å². The predicted octanol–water partition coefficient (Wildman–Crippen LogP) is 1.86. The summed E-state index contributed by atoms with van der Waals surface area (Å²) in [4.78, 5) is 32.9. The predicted molar refractivity (Wildman–Crippen MR) is 90.2 cm³/mol. The number of carbonyl (C=O) groups is 1. The minimum Gasteiger partial charge on any atom is -0.372 e. The Kier molecular flexibility index (Phi) is 4.01. The van der Waals surface area contributed by atoms with Crippen LogP contribution in [0.3, 0.4) is 0 Å². The second-order valence-corrected chi connectivity index (χ2v) is 7.23. The molecule has 3 heterocycles. The van der Waals surface area contributed by atoms with Crippen LogP contribution in [0.2, 0.25) is 0 Å². The van der Waals surface area contributed by atoms with E-state index >= 15 is 0 Å². The number of morpholine rings is 1. The first-order chi connectivity index (χ1) is 10.8. The van der Waals surface area contributed by atoms with Gasteiger partial charge in [0, 0.05) is 20.1 Å².